The van der Waals surface area contributed by atoms with Gasteiger partial charge in [-0.1, -0.05) is 11.3 Å². The van der Waals surface area contributed by atoms with Gasteiger partial charge in [0.05, 0.1) is 11.9 Å². The first-order valence-corrected chi connectivity index (χ1v) is 4.35. The molecule has 0 N–H and O–H groups in total. The van der Waals surface area contributed by atoms with Crippen LogP contribution in [0.3, 0.4) is 0 Å². The number of nitrogens with zero attached hydrogens (tertiary/aromatic N) is 3. The normalized spacial score (nSPS) is 10.3. The quantitative estimate of drug-likeness (QED) is 0.698. The number of hydrogen-bond acceptors (Lipinski definition) is 3. The van der Waals surface area contributed by atoms with Crippen molar-refractivity contribution in [3.05, 3.63) is 41.5 Å². The Labute approximate surface area is 85.3 Å². The molecule has 0 fully saturated rings. The second kappa shape index (κ2) is 3.61. The number of aldehydes is 1. The fourth-order valence-electron chi connectivity index (χ4n) is 1.18. The topological polar surface area (TPSA) is 47.8 Å². The summed E-state index contributed by atoms with van der Waals surface area (Å²) in [5, 5.41) is 7.28. The van der Waals surface area contributed by atoms with Crippen LogP contribution in [-0.4, -0.2) is 21.3 Å². The monoisotopic (exact) mass is 205 g/mol. The molecule has 1 aromatic heterocycles. The second-order valence-electron chi connectivity index (χ2n) is 3.14. The highest BCUT2D eigenvalue weighted by Gasteiger charge is 2.04. The van der Waals surface area contributed by atoms with Crippen LogP contribution < -0.4 is 0 Å². The molecule has 0 amide bonds. The lowest BCUT2D eigenvalue weighted by atomic mass is 10.2. The SMILES string of the molecule is Cc1ccc(-n2cc(C=O)nn2)cc1F. The third kappa shape index (κ3) is 1.76. The summed E-state index contributed by atoms with van der Waals surface area (Å²) in [5.41, 5.74) is 1.32. The summed E-state index contributed by atoms with van der Waals surface area (Å²) < 4.78 is 14.6. The molecule has 5 heteroatoms. The van der Waals surface area contributed by atoms with Crippen LogP contribution in [-0.2, 0) is 0 Å². The van der Waals surface area contributed by atoms with Crippen molar-refractivity contribution in [3.63, 3.8) is 0 Å². The summed E-state index contributed by atoms with van der Waals surface area (Å²) in [6.07, 6.45) is 2.03. The fourth-order valence-corrected chi connectivity index (χ4v) is 1.18. The van der Waals surface area contributed by atoms with Crippen LogP contribution in [0.25, 0.3) is 5.69 Å². The molecule has 0 bridgehead atoms. The van der Waals surface area contributed by atoms with E-state index in [0.717, 1.165) is 0 Å². The molecule has 0 aliphatic heterocycles. The van der Waals surface area contributed by atoms with E-state index >= 15 is 0 Å². The van der Waals surface area contributed by atoms with Crippen LogP contribution in [0.2, 0.25) is 0 Å². The lowest BCUT2D eigenvalue weighted by molar-refractivity contribution is 0.111. The van der Waals surface area contributed by atoms with Crippen molar-refractivity contribution in [2.75, 3.05) is 0 Å². The molecule has 0 saturated carbocycles. The number of carbonyl (C=O) groups is 1. The molecule has 2 aromatic rings. The van der Waals surface area contributed by atoms with Gasteiger partial charge < -0.3 is 0 Å². The van der Waals surface area contributed by atoms with Crippen LogP contribution >= 0.6 is 0 Å². The van der Waals surface area contributed by atoms with Crippen molar-refractivity contribution in [2.45, 2.75) is 6.92 Å². The standard InChI is InChI=1S/C10H8FN3O/c1-7-2-3-9(4-10(7)11)14-5-8(6-15)12-13-14/h2-6H,1H3. The molecule has 0 aliphatic carbocycles. The van der Waals surface area contributed by atoms with Crippen molar-refractivity contribution in [2.24, 2.45) is 0 Å². The average Bonchev–Trinajstić information content (AvgIpc) is 2.70. The van der Waals surface area contributed by atoms with Crippen LogP contribution in [0.15, 0.2) is 24.4 Å². The number of rotatable bonds is 2. The summed E-state index contributed by atoms with van der Waals surface area (Å²) in [6.45, 7) is 1.68. The molecule has 76 valence electrons. The molecule has 0 unspecified atom stereocenters. The van der Waals surface area contributed by atoms with E-state index in [1.54, 1.807) is 19.1 Å². The zero-order chi connectivity index (χ0) is 10.8. The van der Waals surface area contributed by atoms with E-state index in [4.69, 9.17) is 0 Å². The van der Waals surface area contributed by atoms with Gasteiger partial charge in [0.1, 0.15) is 11.5 Å². The van der Waals surface area contributed by atoms with E-state index in [0.29, 0.717) is 17.5 Å². The van der Waals surface area contributed by atoms with E-state index in [1.807, 2.05) is 0 Å². The largest absolute Gasteiger partial charge is 0.296 e. The number of hydrogen-bond donors (Lipinski definition) is 0. The Balaban J connectivity index is 2.44. The van der Waals surface area contributed by atoms with Crippen LogP contribution in [0, 0.1) is 12.7 Å². The first-order chi connectivity index (χ1) is 7.20. The minimum Gasteiger partial charge on any atom is -0.296 e. The van der Waals surface area contributed by atoms with E-state index in [1.165, 1.54) is 16.9 Å². The molecular formula is C10H8FN3O. The smallest absolute Gasteiger partial charge is 0.171 e. The Morgan fingerprint density at radius 2 is 2.27 bits per heavy atom. The van der Waals surface area contributed by atoms with E-state index in [2.05, 4.69) is 10.3 Å². The predicted octanol–water partition coefficient (Wildman–Crippen LogP) is 1.53. The third-order valence-electron chi connectivity index (χ3n) is 2.05. The zero-order valence-corrected chi connectivity index (χ0v) is 8.01. The van der Waals surface area contributed by atoms with Crippen molar-refractivity contribution in [3.8, 4) is 5.69 Å². The Hall–Kier alpha value is -2.04. The van der Waals surface area contributed by atoms with Crippen molar-refractivity contribution in [1.29, 1.82) is 0 Å². The number of benzene rings is 1. The lowest BCUT2D eigenvalue weighted by Gasteiger charge is -2.01. The van der Waals surface area contributed by atoms with Gasteiger partial charge in [-0.05, 0) is 24.6 Å². The summed E-state index contributed by atoms with van der Waals surface area (Å²) in [7, 11) is 0. The molecule has 0 atom stereocenters. The van der Waals surface area contributed by atoms with Gasteiger partial charge in [-0.25, -0.2) is 9.07 Å². The molecule has 1 heterocycles. The number of aryl methyl sites for hydroxylation is 1. The van der Waals surface area contributed by atoms with Gasteiger partial charge in [-0.3, -0.25) is 4.79 Å². The highest BCUT2D eigenvalue weighted by atomic mass is 19.1. The van der Waals surface area contributed by atoms with Gasteiger partial charge in [0.2, 0.25) is 0 Å². The number of carbonyl (C=O) groups excluding carboxylic acids is 1. The Bertz CT molecular complexity index is 507. The van der Waals surface area contributed by atoms with Crippen molar-refractivity contribution in [1.82, 2.24) is 15.0 Å². The van der Waals surface area contributed by atoms with Crippen molar-refractivity contribution < 1.29 is 9.18 Å². The second-order valence-corrected chi connectivity index (χ2v) is 3.14. The molecule has 0 radical (unpaired) electrons. The molecule has 2 rings (SSSR count). The summed E-state index contributed by atoms with van der Waals surface area (Å²) in [4.78, 5) is 10.4. The van der Waals surface area contributed by atoms with Gasteiger partial charge in [-0.15, -0.1) is 5.10 Å². The van der Waals surface area contributed by atoms with Crippen LogP contribution in [0.5, 0.6) is 0 Å². The summed E-state index contributed by atoms with van der Waals surface area (Å²) in [5.74, 6) is -0.310. The third-order valence-corrected chi connectivity index (χ3v) is 2.05. The minimum atomic E-state index is -0.310. The van der Waals surface area contributed by atoms with Gasteiger partial charge >= 0.3 is 0 Å². The Morgan fingerprint density at radius 1 is 1.47 bits per heavy atom. The van der Waals surface area contributed by atoms with Gasteiger partial charge in [0.15, 0.2) is 6.29 Å². The van der Waals surface area contributed by atoms with E-state index in [9.17, 15) is 9.18 Å². The average molecular weight is 205 g/mol. The molecule has 4 nitrogen and oxygen atoms in total. The van der Waals surface area contributed by atoms with Gasteiger partial charge in [-0.2, -0.15) is 0 Å². The highest BCUT2D eigenvalue weighted by Crippen LogP contribution is 2.12. The van der Waals surface area contributed by atoms with E-state index in [-0.39, 0.29) is 11.5 Å². The zero-order valence-electron chi connectivity index (χ0n) is 8.01. The van der Waals surface area contributed by atoms with E-state index < -0.39 is 0 Å². The van der Waals surface area contributed by atoms with Crippen molar-refractivity contribution >= 4 is 6.29 Å². The van der Waals surface area contributed by atoms with Gasteiger partial charge in [0.25, 0.3) is 0 Å². The first-order valence-electron chi connectivity index (χ1n) is 4.35. The number of halogens is 1. The molecular weight excluding hydrogens is 197 g/mol. The summed E-state index contributed by atoms with van der Waals surface area (Å²) in [6, 6.07) is 4.70. The molecule has 0 saturated heterocycles. The fraction of sp³-hybridized carbons (Fsp3) is 0.100. The maximum absolute atomic E-state index is 13.2. The Morgan fingerprint density at radius 3 is 2.87 bits per heavy atom. The Kier molecular flexibility index (Phi) is 2.29. The first kappa shape index (κ1) is 9.51. The maximum atomic E-state index is 13.2. The minimum absolute atomic E-state index is 0.219. The predicted molar refractivity (Wildman–Crippen MR) is 51.4 cm³/mol. The molecule has 0 aliphatic rings. The number of aromatic nitrogens is 3. The lowest BCUT2D eigenvalue weighted by Crippen LogP contribution is -1.96. The summed E-state index contributed by atoms with van der Waals surface area (Å²) >= 11 is 0. The molecule has 1 aromatic carbocycles. The highest BCUT2D eigenvalue weighted by molar-refractivity contribution is 5.70. The molecule has 15 heavy (non-hydrogen) atoms. The molecule has 0 spiro atoms. The maximum Gasteiger partial charge on any atom is 0.171 e. The van der Waals surface area contributed by atoms with Crippen LogP contribution in [0.4, 0.5) is 4.39 Å². The van der Waals surface area contributed by atoms with Gasteiger partial charge in [0, 0.05) is 0 Å². The van der Waals surface area contributed by atoms with Crippen LogP contribution in [0.1, 0.15) is 16.1 Å².